The summed E-state index contributed by atoms with van der Waals surface area (Å²) in [5.74, 6) is 0.406. The van der Waals surface area contributed by atoms with Gasteiger partial charge in [-0.3, -0.25) is 15.2 Å². The number of hydrogen-bond donors (Lipinski definition) is 1. The molecule has 4 heterocycles. The van der Waals surface area contributed by atoms with Gasteiger partial charge in [0.15, 0.2) is 0 Å². The van der Waals surface area contributed by atoms with Crippen LogP contribution in [0, 0.1) is 17.2 Å². The van der Waals surface area contributed by atoms with Crippen LogP contribution in [0.25, 0.3) is 0 Å². The van der Waals surface area contributed by atoms with Gasteiger partial charge in [-0.15, -0.1) is 0 Å². The second-order valence-electron chi connectivity index (χ2n) is 7.19. The number of carbonyl (C=O) groups is 1. The van der Waals surface area contributed by atoms with Crippen molar-refractivity contribution in [2.75, 3.05) is 18.4 Å². The van der Waals surface area contributed by atoms with Gasteiger partial charge in [-0.25, -0.2) is 4.79 Å². The van der Waals surface area contributed by atoms with Crippen LogP contribution in [-0.4, -0.2) is 41.2 Å². The predicted octanol–water partition coefficient (Wildman–Crippen LogP) is 3.21. The summed E-state index contributed by atoms with van der Waals surface area (Å²) in [6, 6.07) is 13.0. The van der Waals surface area contributed by atoms with Gasteiger partial charge in [-0.2, -0.15) is 5.26 Å². The molecule has 2 bridgehead atoms. The number of amides is 1. The highest BCUT2D eigenvalue weighted by Crippen LogP contribution is 2.36. The maximum absolute atomic E-state index is 12.5. The Morgan fingerprint density at radius 2 is 2.04 bits per heavy atom. The van der Waals surface area contributed by atoms with E-state index in [1.165, 1.54) is 0 Å². The number of carbonyl (C=O) groups excluding carboxylic acids is 1. The van der Waals surface area contributed by atoms with Gasteiger partial charge < -0.3 is 4.74 Å². The largest absolute Gasteiger partial charge is 0.444 e. The molecule has 1 amide bonds. The fourth-order valence-corrected chi connectivity index (χ4v) is 4.18. The van der Waals surface area contributed by atoms with Crippen molar-refractivity contribution in [1.82, 2.24) is 9.88 Å². The normalized spacial score (nSPS) is 26.2. The number of piperidine rings is 3. The zero-order valence-electron chi connectivity index (χ0n) is 15.0. The second-order valence-corrected chi connectivity index (χ2v) is 7.19. The van der Waals surface area contributed by atoms with Gasteiger partial charge >= 0.3 is 6.09 Å². The number of fused-ring (bicyclic) bond motifs is 3. The van der Waals surface area contributed by atoms with Gasteiger partial charge in [0.1, 0.15) is 6.10 Å². The summed E-state index contributed by atoms with van der Waals surface area (Å²) in [4.78, 5) is 19.1. The fraction of sp³-hybridized carbons (Fsp3) is 0.381. The highest BCUT2D eigenvalue weighted by molar-refractivity contribution is 5.84. The molecule has 5 rings (SSSR count). The Kier molecular flexibility index (Phi) is 5.03. The minimum absolute atomic E-state index is 0.119. The van der Waals surface area contributed by atoms with E-state index < -0.39 is 6.09 Å². The molecular formula is C21H22N4O2. The summed E-state index contributed by atoms with van der Waals surface area (Å²) in [5, 5.41) is 11.6. The summed E-state index contributed by atoms with van der Waals surface area (Å²) < 4.78 is 5.89. The third-order valence-corrected chi connectivity index (χ3v) is 5.56. The minimum Gasteiger partial charge on any atom is -0.444 e. The van der Waals surface area contributed by atoms with Crippen molar-refractivity contribution in [2.45, 2.75) is 31.4 Å². The number of rotatable bonds is 4. The van der Waals surface area contributed by atoms with Crippen molar-refractivity contribution in [1.29, 1.82) is 5.26 Å². The number of pyridine rings is 1. The van der Waals surface area contributed by atoms with Gasteiger partial charge in [-0.05, 0) is 68.2 Å². The van der Waals surface area contributed by atoms with E-state index in [1.807, 2.05) is 12.3 Å². The molecule has 27 heavy (non-hydrogen) atoms. The number of ether oxygens (including phenoxy) is 1. The topological polar surface area (TPSA) is 78.2 Å². The molecule has 1 aromatic carbocycles. The van der Waals surface area contributed by atoms with Crippen LogP contribution in [0.1, 0.15) is 24.0 Å². The third-order valence-electron chi connectivity index (χ3n) is 5.56. The number of nitrogens with zero attached hydrogens (tertiary/aromatic N) is 3. The first-order valence-electron chi connectivity index (χ1n) is 9.33. The molecule has 0 aliphatic carbocycles. The molecule has 3 fully saturated rings. The van der Waals surface area contributed by atoms with Gasteiger partial charge in [0.25, 0.3) is 0 Å². The van der Waals surface area contributed by atoms with E-state index in [1.54, 1.807) is 30.5 Å². The van der Waals surface area contributed by atoms with E-state index in [9.17, 15) is 4.79 Å². The number of aromatic nitrogens is 1. The molecule has 0 spiro atoms. The van der Waals surface area contributed by atoms with Crippen molar-refractivity contribution in [3.63, 3.8) is 0 Å². The van der Waals surface area contributed by atoms with Crippen LogP contribution < -0.4 is 5.32 Å². The third kappa shape index (κ3) is 3.93. The number of nitriles is 1. The molecule has 0 radical (unpaired) electrons. The monoisotopic (exact) mass is 362 g/mol. The Balaban J connectivity index is 1.44. The average Bonchev–Trinajstić information content (AvgIpc) is 2.72. The zero-order chi connectivity index (χ0) is 18.6. The lowest BCUT2D eigenvalue weighted by Gasteiger charge is -2.50. The van der Waals surface area contributed by atoms with Gasteiger partial charge in [0.2, 0.25) is 0 Å². The first kappa shape index (κ1) is 17.5. The van der Waals surface area contributed by atoms with Crippen molar-refractivity contribution < 1.29 is 9.53 Å². The van der Waals surface area contributed by atoms with E-state index in [0.29, 0.717) is 17.2 Å². The van der Waals surface area contributed by atoms with Crippen molar-refractivity contribution in [2.24, 2.45) is 5.92 Å². The Bertz CT molecular complexity index is 824. The lowest BCUT2D eigenvalue weighted by molar-refractivity contribution is -0.0741. The lowest BCUT2D eigenvalue weighted by Crippen LogP contribution is -2.60. The van der Waals surface area contributed by atoms with Crippen LogP contribution >= 0.6 is 0 Å². The van der Waals surface area contributed by atoms with Crippen LogP contribution in [0.15, 0.2) is 48.8 Å². The lowest BCUT2D eigenvalue weighted by atomic mass is 9.78. The van der Waals surface area contributed by atoms with Crippen molar-refractivity contribution in [3.05, 3.63) is 59.9 Å². The molecule has 3 saturated heterocycles. The molecule has 138 valence electrons. The quantitative estimate of drug-likeness (QED) is 0.904. The Morgan fingerprint density at radius 3 is 2.70 bits per heavy atom. The van der Waals surface area contributed by atoms with Gasteiger partial charge in [0.05, 0.1) is 17.7 Å². The standard InChI is InChI=1S/C21H22N4O2/c22-13-15-3-5-18(6-4-15)24-21(26)27-20-17-7-10-25(11-8-17)19(20)12-16-2-1-9-23-14-16/h1-6,9,14,17,19-20H,7-8,10-12H2,(H,24,26)/t19-,20-/m1/s1. The Labute approximate surface area is 158 Å². The molecule has 2 atom stereocenters. The van der Waals surface area contributed by atoms with Crippen LogP contribution in [0.3, 0.4) is 0 Å². The smallest absolute Gasteiger partial charge is 0.411 e. The predicted molar refractivity (Wildman–Crippen MR) is 101 cm³/mol. The summed E-state index contributed by atoms with van der Waals surface area (Å²) in [7, 11) is 0. The van der Waals surface area contributed by atoms with Crippen molar-refractivity contribution >= 4 is 11.8 Å². The molecule has 1 N–H and O–H groups in total. The molecule has 1 aromatic heterocycles. The first-order chi connectivity index (χ1) is 13.2. The molecule has 3 aliphatic rings. The zero-order valence-corrected chi connectivity index (χ0v) is 15.0. The molecular weight excluding hydrogens is 340 g/mol. The van der Waals surface area contributed by atoms with E-state index in [4.69, 9.17) is 10.00 Å². The molecule has 2 aromatic rings. The number of hydrogen-bond acceptors (Lipinski definition) is 5. The maximum atomic E-state index is 12.5. The number of benzene rings is 1. The molecule has 3 aliphatic heterocycles. The Hall–Kier alpha value is -2.91. The SMILES string of the molecule is N#Cc1ccc(NC(=O)O[C@@H]2C3CCN(CC3)[C@@H]2Cc2cccnc2)cc1. The highest BCUT2D eigenvalue weighted by Gasteiger charge is 2.44. The maximum Gasteiger partial charge on any atom is 0.411 e. The van der Waals surface area contributed by atoms with Crippen LogP contribution in [0.5, 0.6) is 0 Å². The number of anilines is 1. The van der Waals surface area contributed by atoms with Gasteiger partial charge in [0, 0.05) is 24.0 Å². The first-order valence-corrected chi connectivity index (χ1v) is 9.33. The van der Waals surface area contributed by atoms with Crippen LogP contribution in [-0.2, 0) is 11.2 Å². The highest BCUT2D eigenvalue weighted by atomic mass is 16.6. The summed E-state index contributed by atoms with van der Waals surface area (Å²) in [5.41, 5.74) is 2.35. The van der Waals surface area contributed by atoms with E-state index in [0.717, 1.165) is 37.9 Å². The fourth-order valence-electron chi connectivity index (χ4n) is 4.18. The molecule has 0 unspecified atom stereocenters. The minimum atomic E-state index is -0.436. The summed E-state index contributed by atoms with van der Waals surface area (Å²) >= 11 is 0. The van der Waals surface area contributed by atoms with E-state index in [2.05, 4.69) is 27.3 Å². The Morgan fingerprint density at radius 1 is 1.26 bits per heavy atom. The molecule has 6 nitrogen and oxygen atoms in total. The average molecular weight is 362 g/mol. The van der Waals surface area contributed by atoms with E-state index in [-0.39, 0.29) is 12.1 Å². The molecule has 0 saturated carbocycles. The van der Waals surface area contributed by atoms with Crippen LogP contribution in [0.2, 0.25) is 0 Å². The second kappa shape index (κ2) is 7.77. The van der Waals surface area contributed by atoms with Crippen molar-refractivity contribution in [3.8, 4) is 6.07 Å². The van der Waals surface area contributed by atoms with Gasteiger partial charge in [-0.1, -0.05) is 6.07 Å². The molecule has 6 heteroatoms. The van der Waals surface area contributed by atoms with Crippen LogP contribution in [0.4, 0.5) is 10.5 Å². The summed E-state index contributed by atoms with van der Waals surface area (Å²) in [6.07, 6.45) is 6.07. The number of nitrogens with one attached hydrogen (secondary N) is 1. The summed E-state index contributed by atoms with van der Waals surface area (Å²) in [6.45, 7) is 2.12. The van der Waals surface area contributed by atoms with E-state index >= 15 is 0 Å².